The highest BCUT2D eigenvalue weighted by molar-refractivity contribution is 5.81. The quantitative estimate of drug-likeness (QED) is 0.571. The Balaban J connectivity index is 2.00. The molecule has 0 spiro atoms. The lowest BCUT2D eigenvalue weighted by Crippen LogP contribution is -2.45. The molecule has 1 aliphatic heterocycles. The first-order valence-electron chi connectivity index (χ1n) is 10.3. The van der Waals surface area contributed by atoms with Gasteiger partial charge in [-0.1, -0.05) is 58.0 Å². The number of nitrogens with one attached hydrogen (secondary N) is 2. The van der Waals surface area contributed by atoms with Crippen LogP contribution >= 0.6 is 0 Å². The molecule has 5 heteroatoms. The summed E-state index contributed by atoms with van der Waals surface area (Å²) in [6.07, 6.45) is 0.967. The summed E-state index contributed by atoms with van der Waals surface area (Å²) in [6.45, 7) is 13.7. The average Bonchev–Trinajstić information content (AvgIpc) is 3.10. The van der Waals surface area contributed by atoms with E-state index in [-0.39, 0.29) is 17.9 Å². The highest BCUT2D eigenvalue weighted by Gasteiger charge is 2.28. The number of guanidine groups is 1. The fraction of sp³-hybridized carbons (Fsp3) is 0.636. The number of aliphatic imine (C=N–C) groups is 1. The summed E-state index contributed by atoms with van der Waals surface area (Å²) in [6, 6.07) is 10.9. The number of hydrogen-bond donors (Lipinski definition) is 2. The number of amides is 1. The van der Waals surface area contributed by atoms with Crippen LogP contribution in [0, 0.1) is 11.8 Å². The van der Waals surface area contributed by atoms with Crippen LogP contribution in [0.2, 0.25) is 0 Å². The number of rotatable bonds is 7. The van der Waals surface area contributed by atoms with E-state index in [1.165, 1.54) is 5.56 Å². The van der Waals surface area contributed by atoms with E-state index >= 15 is 0 Å². The van der Waals surface area contributed by atoms with Crippen LogP contribution in [0.15, 0.2) is 35.3 Å². The van der Waals surface area contributed by atoms with Gasteiger partial charge in [0, 0.05) is 44.1 Å². The molecule has 0 radical (unpaired) electrons. The number of carbonyl (C=O) groups is 1. The standard InChI is InChI=1S/C22H36N4O/c1-6-23-22(25-19-12-13-26(15-19)21(27)17(4)5)24-14-20(16(2)3)18-10-8-7-9-11-18/h7-11,16-17,19-20H,6,12-15H2,1-5H3,(H2,23,24,25). The van der Waals surface area contributed by atoms with Gasteiger partial charge in [0.15, 0.2) is 5.96 Å². The van der Waals surface area contributed by atoms with Gasteiger partial charge < -0.3 is 15.5 Å². The smallest absolute Gasteiger partial charge is 0.225 e. The normalized spacial score (nSPS) is 18.9. The van der Waals surface area contributed by atoms with Gasteiger partial charge in [-0.2, -0.15) is 0 Å². The molecule has 0 aliphatic carbocycles. The Bertz CT molecular complexity index is 612. The first kappa shape index (κ1) is 21.3. The van der Waals surface area contributed by atoms with E-state index in [0.717, 1.165) is 38.6 Å². The van der Waals surface area contributed by atoms with Crippen molar-refractivity contribution in [3.63, 3.8) is 0 Å². The largest absolute Gasteiger partial charge is 0.357 e. The van der Waals surface area contributed by atoms with E-state index in [4.69, 9.17) is 4.99 Å². The molecule has 0 aromatic heterocycles. The summed E-state index contributed by atoms with van der Waals surface area (Å²) in [4.78, 5) is 19.0. The summed E-state index contributed by atoms with van der Waals surface area (Å²) >= 11 is 0. The Morgan fingerprint density at radius 2 is 1.93 bits per heavy atom. The topological polar surface area (TPSA) is 56.7 Å². The van der Waals surface area contributed by atoms with Crippen molar-refractivity contribution in [3.8, 4) is 0 Å². The molecule has 27 heavy (non-hydrogen) atoms. The van der Waals surface area contributed by atoms with Crippen LogP contribution in [0.5, 0.6) is 0 Å². The zero-order chi connectivity index (χ0) is 19.8. The first-order chi connectivity index (χ1) is 12.9. The molecule has 1 aliphatic rings. The third-order valence-electron chi connectivity index (χ3n) is 5.16. The SMILES string of the molecule is CCNC(=NCC(c1ccccc1)C(C)C)NC1CCN(C(=O)C(C)C)C1. The molecule has 150 valence electrons. The van der Waals surface area contributed by atoms with E-state index in [0.29, 0.717) is 11.8 Å². The minimum atomic E-state index is 0.0586. The van der Waals surface area contributed by atoms with E-state index in [1.807, 2.05) is 18.7 Å². The molecular formula is C22H36N4O. The molecule has 1 saturated heterocycles. The van der Waals surface area contributed by atoms with E-state index in [1.54, 1.807) is 0 Å². The van der Waals surface area contributed by atoms with Crippen LogP contribution < -0.4 is 10.6 Å². The summed E-state index contributed by atoms with van der Waals surface area (Å²) in [5.41, 5.74) is 1.33. The maximum atomic E-state index is 12.2. The highest BCUT2D eigenvalue weighted by Crippen LogP contribution is 2.24. The molecule has 2 rings (SSSR count). The van der Waals surface area contributed by atoms with Gasteiger partial charge in [0.2, 0.25) is 5.91 Å². The monoisotopic (exact) mass is 372 g/mol. The molecule has 5 nitrogen and oxygen atoms in total. The van der Waals surface area contributed by atoms with Gasteiger partial charge in [-0.05, 0) is 24.8 Å². The van der Waals surface area contributed by atoms with Crippen LogP contribution in [0.1, 0.15) is 52.5 Å². The molecule has 2 atom stereocenters. The Kier molecular flexibility index (Phi) is 8.14. The maximum Gasteiger partial charge on any atom is 0.225 e. The third kappa shape index (κ3) is 6.26. The predicted molar refractivity (Wildman–Crippen MR) is 113 cm³/mol. The van der Waals surface area contributed by atoms with Crippen LogP contribution in [-0.4, -0.2) is 49.0 Å². The van der Waals surface area contributed by atoms with Crippen molar-refractivity contribution < 1.29 is 4.79 Å². The first-order valence-corrected chi connectivity index (χ1v) is 10.3. The molecule has 0 saturated carbocycles. The zero-order valence-electron chi connectivity index (χ0n) is 17.5. The van der Waals surface area contributed by atoms with Crippen molar-refractivity contribution in [1.82, 2.24) is 15.5 Å². The summed E-state index contributed by atoms with van der Waals surface area (Å²) in [7, 11) is 0. The fourth-order valence-corrected chi connectivity index (χ4v) is 3.55. The lowest BCUT2D eigenvalue weighted by molar-refractivity contribution is -0.133. The minimum Gasteiger partial charge on any atom is -0.357 e. The number of nitrogens with zero attached hydrogens (tertiary/aromatic N) is 2. The summed E-state index contributed by atoms with van der Waals surface area (Å²) in [5.74, 6) is 2.06. The summed E-state index contributed by atoms with van der Waals surface area (Å²) < 4.78 is 0. The third-order valence-corrected chi connectivity index (χ3v) is 5.16. The molecule has 2 unspecified atom stereocenters. The van der Waals surface area contributed by atoms with Gasteiger partial charge in [-0.25, -0.2) is 0 Å². The molecule has 1 aromatic carbocycles. The Hall–Kier alpha value is -2.04. The fourth-order valence-electron chi connectivity index (χ4n) is 3.55. The minimum absolute atomic E-state index is 0.0586. The zero-order valence-corrected chi connectivity index (χ0v) is 17.5. The second-order valence-corrected chi connectivity index (χ2v) is 8.05. The van der Waals surface area contributed by atoms with E-state index < -0.39 is 0 Å². The molecule has 1 aromatic rings. The lowest BCUT2D eigenvalue weighted by atomic mass is 9.88. The maximum absolute atomic E-state index is 12.2. The Morgan fingerprint density at radius 3 is 2.52 bits per heavy atom. The van der Waals surface area contributed by atoms with Crippen molar-refractivity contribution >= 4 is 11.9 Å². The molecule has 1 heterocycles. The van der Waals surface area contributed by atoms with Crippen molar-refractivity contribution in [2.45, 2.75) is 53.0 Å². The number of benzene rings is 1. The summed E-state index contributed by atoms with van der Waals surface area (Å²) in [5, 5.41) is 6.89. The van der Waals surface area contributed by atoms with Gasteiger partial charge in [-0.3, -0.25) is 9.79 Å². The van der Waals surface area contributed by atoms with E-state index in [9.17, 15) is 4.79 Å². The number of likely N-dealkylation sites (tertiary alicyclic amines) is 1. The number of carbonyl (C=O) groups excluding carboxylic acids is 1. The van der Waals surface area contributed by atoms with Gasteiger partial charge in [0.1, 0.15) is 0 Å². The molecule has 0 bridgehead atoms. The Labute approximate surface area is 164 Å². The van der Waals surface area contributed by atoms with Crippen LogP contribution in [0.3, 0.4) is 0 Å². The molecule has 1 amide bonds. The van der Waals surface area contributed by atoms with E-state index in [2.05, 4.69) is 61.7 Å². The van der Waals surface area contributed by atoms with Crippen molar-refractivity contribution in [3.05, 3.63) is 35.9 Å². The lowest BCUT2D eigenvalue weighted by Gasteiger charge is -2.22. The second-order valence-electron chi connectivity index (χ2n) is 8.05. The van der Waals surface area contributed by atoms with Gasteiger partial charge in [0.25, 0.3) is 0 Å². The van der Waals surface area contributed by atoms with Crippen LogP contribution in [0.4, 0.5) is 0 Å². The van der Waals surface area contributed by atoms with Gasteiger partial charge in [0.05, 0.1) is 0 Å². The second kappa shape index (κ2) is 10.3. The van der Waals surface area contributed by atoms with Crippen LogP contribution in [-0.2, 0) is 4.79 Å². The predicted octanol–water partition coefficient (Wildman–Crippen LogP) is 3.24. The van der Waals surface area contributed by atoms with Crippen molar-refractivity contribution in [2.75, 3.05) is 26.2 Å². The Morgan fingerprint density at radius 1 is 1.22 bits per heavy atom. The van der Waals surface area contributed by atoms with Crippen molar-refractivity contribution in [2.24, 2.45) is 16.8 Å². The van der Waals surface area contributed by atoms with Gasteiger partial charge >= 0.3 is 0 Å². The van der Waals surface area contributed by atoms with Crippen LogP contribution in [0.25, 0.3) is 0 Å². The van der Waals surface area contributed by atoms with Crippen molar-refractivity contribution in [1.29, 1.82) is 0 Å². The molecule has 2 N–H and O–H groups in total. The molecule has 1 fully saturated rings. The average molecular weight is 373 g/mol. The van der Waals surface area contributed by atoms with Gasteiger partial charge in [-0.15, -0.1) is 0 Å². The number of hydrogen-bond acceptors (Lipinski definition) is 2. The highest BCUT2D eigenvalue weighted by atomic mass is 16.2. The molecular weight excluding hydrogens is 336 g/mol.